The first kappa shape index (κ1) is 10.9. The van der Waals surface area contributed by atoms with Gasteiger partial charge in [-0.2, -0.15) is 0 Å². The third-order valence-electron chi connectivity index (χ3n) is 2.11. The van der Waals surface area contributed by atoms with Crippen LogP contribution in [0.4, 0.5) is 5.13 Å². The Morgan fingerprint density at radius 1 is 1.60 bits per heavy atom. The van der Waals surface area contributed by atoms with Crippen LogP contribution in [0.15, 0.2) is 4.34 Å². The quantitative estimate of drug-likeness (QED) is 0.637. The minimum atomic E-state index is -0.00936. The lowest BCUT2D eigenvalue weighted by Crippen LogP contribution is -2.08. The van der Waals surface area contributed by atoms with Crippen LogP contribution in [-0.4, -0.2) is 21.9 Å². The third-order valence-corrected chi connectivity index (χ3v) is 4.32. The largest absolute Gasteiger partial charge is 0.301 e. The zero-order valence-corrected chi connectivity index (χ0v) is 10.2. The predicted octanol–water partition coefficient (Wildman–Crippen LogP) is 2.39. The molecule has 2 rings (SSSR count). The monoisotopic (exact) mass is 243 g/mol. The number of thioether (sulfide) groups is 1. The maximum absolute atomic E-state index is 11.1. The summed E-state index contributed by atoms with van der Waals surface area (Å²) in [6, 6.07) is 0. The first-order valence-corrected chi connectivity index (χ1v) is 6.84. The summed E-state index contributed by atoms with van der Waals surface area (Å²) in [4.78, 5) is 11.1. The molecule has 1 amide bonds. The van der Waals surface area contributed by atoms with Crippen LogP contribution in [0.25, 0.3) is 0 Å². The molecule has 0 bridgehead atoms. The Labute approximate surface area is 96.9 Å². The van der Waals surface area contributed by atoms with Gasteiger partial charge >= 0.3 is 0 Å². The van der Waals surface area contributed by atoms with E-state index in [2.05, 4.69) is 15.5 Å². The van der Waals surface area contributed by atoms with Gasteiger partial charge in [0.15, 0.2) is 4.34 Å². The molecule has 1 fully saturated rings. The highest BCUT2D eigenvalue weighted by Crippen LogP contribution is 2.36. The smallest absolute Gasteiger partial charge is 0.225 e. The molecule has 0 saturated heterocycles. The van der Waals surface area contributed by atoms with Crippen molar-refractivity contribution in [3.8, 4) is 0 Å². The Balaban J connectivity index is 1.82. The Bertz CT molecular complexity index is 349. The number of hydrogen-bond acceptors (Lipinski definition) is 5. The number of amides is 1. The summed E-state index contributed by atoms with van der Waals surface area (Å²) < 4.78 is 0.952. The number of carbonyl (C=O) groups excluding carboxylic acids is 1. The molecule has 0 spiro atoms. The molecule has 0 aliphatic heterocycles. The Hall–Kier alpha value is -0.620. The predicted molar refractivity (Wildman–Crippen MR) is 62.3 cm³/mol. The van der Waals surface area contributed by atoms with E-state index in [4.69, 9.17) is 0 Å². The number of nitrogens with zero attached hydrogens (tertiary/aromatic N) is 2. The molecule has 0 unspecified atom stereocenters. The van der Waals surface area contributed by atoms with Gasteiger partial charge in [0.05, 0.1) is 0 Å². The molecule has 1 aliphatic carbocycles. The summed E-state index contributed by atoms with van der Waals surface area (Å²) in [6.45, 7) is 1.82. The fourth-order valence-electron chi connectivity index (χ4n) is 1.000. The van der Waals surface area contributed by atoms with Crippen molar-refractivity contribution in [1.29, 1.82) is 0 Å². The number of carbonyl (C=O) groups is 1. The molecule has 82 valence electrons. The van der Waals surface area contributed by atoms with Crippen molar-refractivity contribution in [2.75, 3.05) is 11.1 Å². The minimum absolute atomic E-state index is 0.00936. The highest BCUT2D eigenvalue weighted by atomic mass is 32.2. The summed E-state index contributed by atoms with van der Waals surface area (Å²) in [5, 5.41) is 11.3. The molecule has 0 atom stereocenters. The lowest BCUT2D eigenvalue weighted by Gasteiger charge is -1.94. The first-order chi connectivity index (χ1) is 7.28. The second-order valence-electron chi connectivity index (χ2n) is 3.53. The normalized spacial score (nSPS) is 15.3. The fraction of sp³-hybridized carbons (Fsp3) is 0.667. The van der Waals surface area contributed by atoms with Crippen LogP contribution in [-0.2, 0) is 4.79 Å². The van der Waals surface area contributed by atoms with Crippen molar-refractivity contribution in [2.45, 2.75) is 30.5 Å². The van der Waals surface area contributed by atoms with Crippen LogP contribution in [0, 0.1) is 5.92 Å². The van der Waals surface area contributed by atoms with Gasteiger partial charge in [-0.15, -0.1) is 10.2 Å². The topological polar surface area (TPSA) is 54.9 Å². The number of anilines is 1. The van der Waals surface area contributed by atoms with E-state index in [0.29, 0.717) is 11.6 Å². The molecule has 15 heavy (non-hydrogen) atoms. The van der Waals surface area contributed by atoms with E-state index in [9.17, 15) is 4.79 Å². The Morgan fingerprint density at radius 3 is 3.07 bits per heavy atom. The number of nitrogens with one attached hydrogen (secondary N) is 1. The molecular formula is C9H13N3OS2. The van der Waals surface area contributed by atoms with Crippen LogP contribution < -0.4 is 5.32 Å². The van der Waals surface area contributed by atoms with Crippen molar-refractivity contribution >= 4 is 34.1 Å². The molecule has 1 aliphatic rings. The lowest BCUT2D eigenvalue weighted by molar-refractivity contribution is -0.115. The summed E-state index contributed by atoms with van der Waals surface area (Å²) in [5.41, 5.74) is 0. The molecule has 1 heterocycles. The first-order valence-electron chi connectivity index (χ1n) is 5.04. The molecule has 1 aromatic rings. The highest BCUT2D eigenvalue weighted by molar-refractivity contribution is 8.01. The van der Waals surface area contributed by atoms with E-state index >= 15 is 0 Å². The average Bonchev–Trinajstić information content (AvgIpc) is 2.97. The van der Waals surface area contributed by atoms with Gasteiger partial charge in [0, 0.05) is 12.2 Å². The maximum Gasteiger partial charge on any atom is 0.225 e. The summed E-state index contributed by atoms with van der Waals surface area (Å²) in [6.07, 6.45) is 3.18. The van der Waals surface area contributed by atoms with E-state index in [1.807, 2.05) is 6.92 Å². The molecule has 1 saturated carbocycles. The van der Waals surface area contributed by atoms with Crippen molar-refractivity contribution in [3.05, 3.63) is 0 Å². The van der Waals surface area contributed by atoms with Gasteiger partial charge in [0.25, 0.3) is 0 Å². The molecule has 1 aromatic heterocycles. The van der Waals surface area contributed by atoms with Crippen LogP contribution in [0.3, 0.4) is 0 Å². The molecule has 4 nitrogen and oxygen atoms in total. The SMILES string of the molecule is CCC(=O)Nc1nnc(SCC2CC2)s1. The van der Waals surface area contributed by atoms with E-state index in [1.165, 1.54) is 24.2 Å². The molecule has 1 N–H and O–H groups in total. The van der Waals surface area contributed by atoms with Crippen LogP contribution in [0.2, 0.25) is 0 Å². The van der Waals surface area contributed by atoms with Crippen molar-refractivity contribution in [2.24, 2.45) is 5.92 Å². The minimum Gasteiger partial charge on any atom is -0.301 e. The van der Waals surface area contributed by atoms with Crippen molar-refractivity contribution in [3.63, 3.8) is 0 Å². The van der Waals surface area contributed by atoms with E-state index in [1.54, 1.807) is 11.8 Å². The summed E-state index contributed by atoms with van der Waals surface area (Å²) >= 11 is 3.20. The maximum atomic E-state index is 11.1. The number of aromatic nitrogens is 2. The van der Waals surface area contributed by atoms with Crippen LogP contribution in [0.5, 0.6) is 0 Å². The molecule has 0 aromatic carbocycles. The van der Waals surface area contributed by atoms with Gasteiger partial charge in [0.1, 0.15) is 0 Å². The number of rotatable bonds is 5. The van der Waals surface area contributed by atoms with E-state index in [-0.39, 0.29) is 5.91 Å². The van der Waals surface area contributed by atoms with Crippen molar-refractivity contribution < 1.29 is 4.79 Å². The summed E-state index contributed by atoms with van der Waals surface area (Å²) in [5.74, 6) is 2.01. The van der Waals surface area contributed by atoms with Gasteiger partial charge in [-0.1, -0.05) is 30.0 Å². The third kappa shape index (κ3) is 3.46. The standard InChI is InChI=1S/C9H13N3OS2/c1-2-7(13)10-8-11-12-9(15-8)14-5-6-3-4-6/h6H,2-5H2,1H3,(H,10,11,13). The second kappa shape index (κ2) is 4.94. The van der Waals surface area contributed by atoms with Gasteiger partial charge in [0.2, 0.25) is 11.0 Å². The average molecular weight is 243 g/mol. The molecule has 0 radical (unpaired) electrons. The van der Waals surface area contributed by atoms with Gasteiger partial charge in [-0.3, -0.25) is 4.79 Å². The van der Waals surface area contributed by atoms with Gasteiger partial charge in [-0.05, 0) is 18.8 Å². The van der Waals surface area contributed by atoms with Crippen molar-refractivity contribution in [1.82, 2.24) is 10.2 Å². The van der Waals surface area contributed by atoms with E-state index < -0.39 is 0 Å². The van der Waals surface area contributed by atoms with Gasteiger partial charge < -0.3 is 5.32 Å². The zero-order chi connectivity index (χ0) is 10.7. The van der Waals surface area contributed by atoms with Gasteiger partial charge in [-0.25, -0.2) is 0 Å². The molecular weight excluding hydrogens is 230 g/mol. The lowest BCUT2D eigenvalue weighted by atomic mass is 10.5. The highest BCUT2D eigenvalue weighted by Gasteiger charge is 2.22. The van der Waals surface area contributed by atoms with Crippen LogP contribution >= 0.6 is 23.1 Å². The Morgan fingerprint density at radius 2 is 2.40 bits per heavy atom. The van der Waals surface area contributed by atoms with Crippen LogP contribution in [0.1, 0.15) is 26.2 Å². The molecule has 6 heteroatoms. The fourth-order valence-corrected chi connectivity index (χ4v) is 2.98. The summed E-state index contributed by atoms with van der Waals surface area (Å²) in [7, 11) is 0. The number of hydrogen-bond donors (Lipinski definition) is 1. The Kier molecular flexibility index (Phi) is 3.58. The second-order valence-corrected chi connectivity index (χ2v) is 5.77. The van der Waals surface area contributed by atoms with E-state index in [0.717, 1.165) is 16.0 Å². The zero-order valence-electron chi connectivity index (χ0n) is 8.52.